The van der Waals surface area contributed by atoms with Crippen LogP contribution in [0.25, 0.3) is 0 Å². The molecular weight excluding hydrogens is 285 g/mol. The van der Waals surface area contributed by atoms with Gasteiger partial charge in [0.25, 0.3) is 5.91 Å². The van der Waals surface area contributed by atoms with Gasteiger partial charge >= 0.3 is 6.18 Å². The molecule has 1 amide bonds. The molecule has 1 aromatic carbocycles. The van der Waals surface area contributed by atoms with Crippen molar-refractivity contribution in [2.45, 2.75) is 19.0 Å². The molecule has 1 fully saturated rings. The van der Waals surface area contributed by atoms with Gasteiger partial charge in [0.2, 0.25) is 0 Å². The number of alkyl halides is 3. The molecule has 1 heterocycles. The highest BCUT2D eigenvalue weighted by molar-refractivity contribution is 5.99. The lowest BCUT2D eigenvalue weighted by Crippen LogP contribution is -2.42. The molecule has 7 heteroatoms. The third kappa shape index (κ3) is 3.40. The molecular formula is C14H17F3N2O2. The van der Waals surface area contributed by atoms with E-state index >= 15 is 0 Å². The molecule has 0 aliphatic carbocycles. The average Bonchev–Trinajstić information content (AvgIpc) is 2.45. The molecule has 0 spiro atoms. The van der Waals surface area contributed by atoms with Gasteiger partial charge in [0.15, 0.2) is 0 Å². The van der Waals surface area contributed by atoms with Crippen LogP contribution in [0.5, 0.6) is 5.75 Å². The Morgan fingerprint density at radius 2 is 1.95 bits per heavy atom. The number of ether oxygens (including phenoxy) is 1. The van der Waals surface area contributed by atoms with E-state index in [1.807, 2.05) is 0 Å². The van der Waals surface area contributed by atoms with Crippen LogP contribution in [0, 0.1) is 5.92 Å². The maximum atomic E-state index is 12.6. The summed E-state index contributed by atoms with van der Waals surface area (Å²) in [4.78, 5) is 13.7. The number of nitrogens with two attached hydrogens (primary N) is 1. The molecule has 1 saturated heterocycles. The van der Waals surface area contributed by atoms with Crippen LogP contribution < -0.4 is 10.5 Å². The van der Waals surface area contributed by atoms with Crippen LogP contribution in [-0.2, 0) is 0 Å². The molecule has 0 unspecified atom stereocenters. The number of nitrogens with zero attached hydrogens (tertiary/aromatic N) is 1. The summed E-state index contributed by atoms with van der Waals surface area (Å²) in [6.45, 7) is 0.183. The van der Waals surface area contributed by atoms with E-state index in [2.05, 4.69) is 0 Å². The number of hydrogen-bond donors (Lipinski definition) is 1. The van der Waals surface area contributed by atoms with Crippen molar-refractivity contribution in [1.29, 1.82) is 0 Å². The quantitative estimate of drug-likeness (QED) is 0.855. The highest BCUT2D eigenvalue weighted by Gasteiger charge is 2.41. The summed E-state index contributed by atoms with van der Waals surface area (Å²) in [6.07, 6.45) is -4.31. The molecule has 0 bridgehead atoms. The second-order valence-electron chi connectivity index (χ2n) is 5.06. The highest BCUT2D eigenvalue weighted by atomic mass is 19.4. The van der Waals surface area contributed by atoms with Crippen molar-refractivity contribution >= 4 is 11.6 Å². The van der Waals surface area contributed by atoms with Crippen LogP contribution in [0.3, 0.4) is 0 Å². The van der Waals surface area contributed by atoms with Gasteiger partial charge in [0.05, 0.1) is 18.6 Å². The fourth-order valence-corrected chi connectivity index (χ4v) is 2.44. The Morgan fingerprint density at radius 3 is 2.43 bits per heavy atom. The summed E-state index contributed by atoms with van der Waals surface area (Å²) in [5, 5.41) is 0. The number of halogens is 3. The lowest BCUT2D eigenvalue weighted by atomic mass is 9.95. The Labute approximate surface area is 120 Å². The lowest BCUT2D eigenvalue weighted by Gasteiger charge is -2.33. The first-order valence-corrected chi connectivity index (χ1v) is 6.62. The number of benzene rings is 1. The van der Waals surface area contributed by atoms with Crippen molar-refractivity contribution in [3.8, 4) is 5.75 Å². The molecule has 1 aliphatic heterocycles. The summed E-state index contributed by atoms with van der Waals surface area (Å²) in [6, 6.07) is 4.66. The van der Waals surface area contributed by atoms with E-state index in [9.17, 15) is 18.0 Å². The van der Waals surface area contributed by atoms with Gasteiger partial charge in [0, 0.05) is 24.8 Å². The van der Waals surface area contributed by atoms with Crippen molar-refractivity contribution in [3.05, 3.63) is 23.8 Å². The lowest BCUT2D eigenvalue weighted by molar-refractivity contribution is -0.183. The third-order valence-electron chi connectivity index (χ3n) is 3.73. The summed E-state index contributed by atoms with van der Waals surface area (Å²) in [7, 11) is 1.48. The van der Waals surface area contributed by atoms with Crippen molar-refractivity contribution in [2.75, 3.05) is 25.9 Å². The predicted octanol–water partition coefficient (Wildman–Crippen LogP) is 2.69. The largest absolute Gasteiger partial charge is 0.497 e. The smallest absolute Gasteiger partial charge is 0.391 e. The zero-order chi connectivity index (χ0) is 15.6. The van der Waals surface area contributed by atoms with Gasteiger partial charge in [-0.05, 0) is 25.0 Å². The molecule has 21 heavy (non-hydrogen) atoms. The van der Waals surface area contributed by atoms with Crippen LogP contribution in [0.2, 0.25) is 0 Å². The summed E-state index contributed by atoms with van der Waals surface area (Å²) in [5.74, 6) is -1.13. The minimum Gasteiger partial charge on any atom is -0.497 e. The molecule has 0 atom stereocenters. The molecule has 2 N–H and O–H groups in total. The third-order valence-corrected chi connectivity index (χ3v) is 3.73. The zero-order valence-corrected chi connectivity index (χ0v) is 11.6. The highest BCUT2D eigenvalue weighted by Crippen LogP contribution is 2.34. The maximum Gasteiger partial charge on any atom is 0.391 e. The van der Waals surface area contributed by atoms with Crippen molar-refractivity contribution < 1.29 is 22.7 Å². The van der Waals surface area contributed by atoms with E-state index < -0.39 is 12.1 Å². The number of carbonyl (C=O) groups is 1. The van der Waals surface area contributed by atoms with Crippen LogP contribution in [0.1, 0.15) is 23.2 Å². The second kappa shape index (κ2) is 5.83. The number of anilines is 1. The number of rotatable bonds is 2. The monoisotopic (exact) mass is 302 g/mol. The number of carbonyl (C=O) groups excluding carboxylic acids is 1. The number of hydrogen-bond acceptors (Lipinski definition) is 3. The van der Waals surface area contributed by atoms with Crippen LogP contribution >= 0.6 is 0 Å². The Morgan fingerprint density at radius 1 is 1.33 bits per heavy atom. The van der Waals surface area contributed by atoms with Crippen molar-refractivity contribution in [2.24, 2.45) is 5.92 Å². The first kappa shape index (κ1) is 15.5. The van der Waals surface area contributed by atoms with Crippen LogP contribution in [0.4, 0.5) is 18.9 Å². The van der Waals surface area contributed by atoms with E-state index in [0.29, 0.717) is 11.3 Å². The Balaban J connectivity index is 2.05. The molecule has 1 aliphatic rings. The SMILES string of the molecule is COc1ccc(C(=O)N2CCC(C(F)(F)F)CC2)c(N)c1. The zero-order valence-electron chi connectivity index (χ0n) is 11.6. The molecule has 2 rings (SSSR count). The number of nitrogen functional groups attached to an aromatic ring is 1. The minimum atomic E-state index is -4.19. The normalized spacial score (nSPS) is 16.9. The van der Waals surface area contributed by atoms with E-state index in [1.54, 1.807) is 6.07 Å². The van der Waals surface area contributed by atoms with Crippen LogP contribution in [-0.4, -0.2) is 37.2 Å². The van der Waals surface area contributed by atoms with Gasteiger partial charge in [-0.3, -0.25) is 4.79 Å². The molecule has 0 radical (unpaired) electrons. The number of amides is 1. The number of piperidine rings is 1. The van der Waals surface area contributed by atoms with Gasteiger partial charge in [-0.2, -0.15) is 13.2 Å². The standard InChI is InChI=1S/C14H17F3N2O2/c1-21-10-2-3-11(12(18)8-10)13(20)19-6-4-9(5-7-19)14(15,16)17/h2-3,8-9H,4-7,18H2,1H3. The molecule has 116 valence electrons. The van der Waals surface area contributed by atoms with Gasteiger partial charge < -0.3 is 15.4 Å². The number of methoxy groups -OCH3 is 1. The maximum absolute atomic E-state index is 12.6. The first-order chi connectivity index (χ1) is 9.82. The Kier molecular flexibility index (Phi) is 4.29. The van der Waals surface area contributed by atoms with E-state index in [0.717, 1.165) is 0 Å². The molecule has 0 aromatic heterocycles. The second-order valence-corrected chi connectivity index (χ2v) is 5.06. The van der Waals surface area contributed by atoms with Crippen molar-refractivity contribution in [3.63, 3.8) is 0 Å². The fourth-order valence-electron chi connectivity index (χ4n) is 2.44. The van der Waals surface area contributed by atoms with Crippen LogP contribution in [0.15, 0.2) is 18.2 Å². The summed E-state index contributed by atoms with van der Waals surface area (Å²) < 4.78 is 42.8. The predicted molar refractivity (Wildman–Crippen MR) is 72.1 cm³/mol. The van der Waals surface area contributed by atoms with Gasteiger partial charge in [-0.15, -0.1) is 0 Å². The van der Waals surface area contributed by atoms with E-state index in [-0.39, 0.29) is 37.5 Å². The average molecular weight is 302 g/mol. The molecule has 4 nitrogen and oxygen atoms in total. The summed E-state index contributed by atoms with van der Waals surface area (Å²) in [5.41, 5.74) is 6.35. The first-order valence-electron chi connectivity index (χ1n) is 6.62. The van der Waals surface area contributed by atoms with Crippen molar-refractivity contribution in [1.82, 2.24) is 4.90 Å². The number of likely N-dealkylation sites (tertiary alicyclic amines) is 1. The molecule has 0 saturated carbocycles. The van der Waals surface area contributed by atoms with E-state index in [1.165, 1.54) is 24.1 Å². The molecule has 1 aromatic rings. The topological polar surface area (TPSA) is 55.6 Å². The minimum absolute atomic E-state index is 0.0642. The fraction of sp³-hybridized carbons (Fsp3) is 0.500. The Hall–Kier alpha value is -1.92. The van der Waals surface area contributed by atoms with Gasteiger partial charge in [-0.1, -0.05) is 0 Å². The van der Waals surface area contributed by atoms with E-state index in [4.69, 9.17) is 10.5 Å². The Bertz CT molecular complexity index is 523. The summed E-state index contributed by atoms with van der Waals surface area (Å²) >= 11 is 0. The van der Waals surface area contributed by atoms with Gasteiger partial charge in [-0.25, -0.2) is 0 Å². The van der Waals surface area contributed by atoms with Gasteiger partial charge in [0.1, 0.15) is 5.75 Å².